The number of methoxy groups -OCH3 is 2. The maximum absolute atomic E-state index is 12.2. The van der Waals surface area contributed by atoms with E-state index in [4.69, 9.17) is 14.2 Å². The molecule has 0 bridgehead atoms. The van der Waals surface area contributed by atoms with Crippen LogP contribution in [-0.2, 0) is 4.79 Å². The molecule has 5 nitrogen and oxygen atoms in total. The summed E-state index contributed by atoms with van der Waals surface area (Å²) in [5.74, 6) is 1.94. The van der Waals surface area contributed by atoms with E-state index < -0.39 is 0 Å². The van der Waals surface area contributed by atoms with Crippen molar-refractivity contribution >= 4 is 12.0 Å². The lowest BCUT2D eigenvalue weighted by atomic mass is 10.1. The number of rotatable bonds is 8. The highest BCUT2D eigenvalue weighted by atomic mass is 16.5. The Kier molecular flexibility index (Phi) is 7.09. The molecule has 1 atom stereocenters. The zero-order valence-corrected chi connectivity index (χ0v) is 15.6. The van der Waals surface area contributed by atoms with Gasteiger partial charge >= 0.3 is 0 Å². The topological polar surface area (TPSA) is 56.8 Å². The molecule has 0 saturated carbocycles. The molecule has 0 aliphatic heterocycles. The van der Waals surface area contributed by atoms with Gasteiger partial charge in [0.15, 0.2) is 11.5 Å². The van der Waals surface area contributed by atoms with Gasteiger partial charge in [0.1, 0.15) is 5.75 Å². The van der Waals surface area contributed by atoms with Crippen molar-refractivity contribution in [2.24, 2.45) is 0 Å². The van der Waals surface area contributed by atoms with Gasteiger partial charge in [-0.25, -0.2) is 0 Å². The van der Waals surface area contributed by atoms with Gasteiger partial charge in [0, 0.05) is 6.08 Å². The molecule has 0 heterocycles. The Bertz CT molecular complexity index is 753. The maximum atomic E-state index is 12.2. The average Bonchev–Trinajstić information content (AvgIpc) is 2.67. The molecule has 0 radical (unpaired) electrons. The zero-order valence-electron chi connectivity index (χ0n) is 15.6. The Balaban J connectivity index is 1.98. The first kappa shape index (κ1) is 19.4. The first-order valence-corrected chi connectivity index (χ1v) is 8.50. The van der Waals surface area contributed by atoms with Crippen molar-refractivity contribution in [1.82, 2.24) is 5.32 Å². The molecular formula is C21H25NO4. The van der Waals surface area contributed by atoms with Gasteiger partial charge in [-0.3, -0.25) is 4.79 Å². The van der Waals surface area contributed by atoms with E-state index >= 15 is 0 Å². The minimum Gasteiger partial charge on any atom is -0.494 e. The molecule has 1 amide bonds. The van der Waals surface area contributed by atoms with E-state index in [0.29, 0.717) is 18.1 Å². The number of hydrogen-bond donors (Lipinski definition) is 1. The van der Waals surface area contributed by atoms with Gasteiger partial charge in [-0.15, -0.1) is 0 Å². The molecular weight excluding hydrogens is 330 g/mol. The highest BCUT2D eigenvalue weighted by Crippen LogP contribution is 2.29. The Labute approximate surface area is 154 Å². The monoisotopic (exact) mass is 355 g/mol. The summed E-state index contributed by atoms with van der Waals surface area (Å²) in [6.07, 6.45) is 3.29. The van der Waals surface area contributed by atoms with Crippen molar-refractivity contribution in [3.8, 4) is 17.2 Å². The van der Waals surface area contributed by atoms with Gasteiger partial charge in [-0.05, 0) is 55.3 Å². The normalized spacial score (nSPS) is 11.8. The number of amides is 1. The van der Waals surface area contributed by atoms with Gasteiger partial charge in [-0.1, -0.05) is 18.2 Å². The van der Waals surface area contributed by atoms with Gasteiger partial charge in [0.05, 0.1) is 26.9 Å². The molecule has 0 aliphatic rings. The van der Waals surface area contributed by atoms with Crippen LogP contribution in [0.1, 0.15) is 31.0 Å². The Morgan fingerprint density at radius 2 is 1.77 bits per heavy atom. The van der Waals surface area contributed by atoms with E-state index in [2.05, 4.69) is 5.32 Å². The fraction of sp³-hybridized carbons (Fsp3) is 0.286. The third-order valence-electron chi connectivity index (χ3n) is 3.88. The standard InChI is InChI=1S/C21H25NO4/c1-5-26-18-10-6-16(7-11-18)8-13-21(23)22-15(2)17-9-12-19(24-3)20(14-17)25-4/h6-15H,5H2,1-4H3,(H,22,23)/b13-8+. The highest BCUT2D eigenvalue weighted by molar-refractivity contribution is 5.92. The largest absolute Gasteiger partial charge is 0.494 e. The molecule has 2 aromatic carbocycles. The van der Waals surface area contributed by atoms with E-state index in [1.165, 1.54) is 6.08 Å². The second-order valence-electron chi connectivity index (χ2n) is 5.68. The molecule has 5 heteroatoms. The summed E-state index contributed by atoms with van der Waals surface area (Å²) in [5.41, 5.74) is 1.87. The molecule has 138 valence electrons. The lowest BCUT2D eigenvalue weighted by Crippen LogP contribution is -2.24. The molecule has 0 aromatic heterocycles. The van der Waals surface area contributed by atoms with Crippen LogP contribution in [0.5, 0.6) is 17.2 Å². The number of nitrogens with one attached hydrogen (secondary N) is 1. The van der Waals surface area contributed by atoms with E-state index in [1.54, 1.807) is 20.3 Å². The number of ether oxygens (including phenoxy) is 3. The molecule has 0 aliphatic carbocycles. The van der Waals surface area contributed by atoms with E-state index in [1.807, 2.05) is 56.3 Å². The molecule has 2 rings (SSSR count). The SMILES string of the molecule is CCOc1ccc(/C=C/C(=O)NC(C)c2ccc(OC)c(OC)c2)cc1. The lowest BCUT2D eigenvalue weighted by molar-refractivity contribution is -0.117. The van der Waals surface area contributed by atoms with Crippen LogP contribution in [0.15, 0.2) is 48.5 Å². The lowest BCUT2D eigenvalue weighted by Gasteiger charge is -2.15. The van der Waals surface area contributed by atoms with Crippen molar-refractivity contribution in [2.45, 2.75) is 19.9 Å². The molecule has 0 spiro atoms. The van der Waals surface area contributed by atoms with Crippen LogP contribution in [0.4, 0.5) is 0 Å². The highest BCUT2D eigenvalue weighted by Gasteiger charge is 2.11. The summed E-state index contributed by atoms with van der Waals surface area (Å²) in [4.78, 5) is 12.2. The van der Waals surface area contributed by atoms with Crippen LogP contribution in [0, 0.1) is 0 Å². The number of carbonyl (C=O) groups excluding carboxylic acids is 1. The Hall–Kier alpha value is -2.95. The van der Waals surface area contributed by atoms with Gasteiger partial charge < -0.3 is 19.5 Å². The summed E-state index contributed by atoms with van der Waals surface area (Å²) in [6, 6.07) is 13.0. The smallest absolute Gasteiger partial charge is 0.244 e. The number of benzene rings is 2. The molecule has 1 unspecified atom stereocenters. The molecule has 0 saturated heterocycles. The van der Waals surface area contributed by atoms with E-state index in [9.17, 15) is 4.79 Å². The Morgan fingerprint density at radius 3 is 2.38 bits per heavy atom. The van der Waals surface area contributed by atoms with Crippen LogP contribution in [0.2, 0.25) is 0 Å². The van der Waals surface area contributed by atoms with Crippen LogP contribution < -0.4 is 19.5 Å². The maximum Gasteiger partial charge on any atom is 0.244 e. The second-order valence-corrected chi connectivity index (χ2v) is 5.68. The quantitative estimate of drug-likeness (QED) is 0.728. The minimum atomic E-state index is -0.166. The van der Waals surface area contributed by atoms with Crippen molar-refractivity contribution in [1.29, 1.82) is 0 Å². The van der Waals surface area contributed by atoms with Crippen LogP contribution in [-0.4, -0.2) is 26.7 Å². The van der Waals surface area contributed by atoms with Crippen molar-refractivity contribution in [3.63, 3.8) is 0 Å². The second kappa shape index (κ2) is 9.51. The van der Waals surface area contributed by atoms with Crippen LogP contribution in [0.3, 0.4) is 0 Å². The third-order valence-corrected chi connectivity index (χ3v) is 3.88. The summed E-state index contributed by atoms with van der Waals surface area (Å²) in [5, 5.41) is 2.94. The molecule has 26 heavy (non-hydrogen) atoms. The van der Waals surface area contributed by atoms with Crippen molar-refractivity contribution in [2.75, 3.05) is 20.8 Å². The molecule has 2 aromatic rings. The summed E-state index contributed by atoms with van der Waals surface area (Å²) >= 11 is 0. The summed E-state index contributed by atoms with van der Waals surface area (Å²) in [6.45, 7) is 4.49. The van der Waals surface area contributed by atoms with Crippen LogP contribution in [0.25, 0.3) is 6.08 Å². The van der Waals surface area contributed by atoms with Gasteiger partial charge in [0.2, 0.25) is 5.91 Å². The van der Waals surface area contributed by atoms with E-state index in [-0.39, 0.29) is 11.9 Å². The fourth-order valence-electron chi connectivity index (χ4n) is 2.48. The van der Waals surface area contributed by atoms with Gasteiger partial charge in [-0.2, -0.15) is 0 Å². The van der Waals surface area contributed by atoms with E-state index in [0.717, 1.165) is 16.9 Å². The van der Waals surface area contributed by atoms with Crippen molar-refractivity contribution < 1.29 is 19.0 Å². The summed E-state index contributed by atoms with van der Waals surface area (Å²) < 4.78 is 15.9. The molecule has 0 fully saturated rings. The van der Waals surface area contributed by atoms with Gasteiger partial charge in [0.25, 0.3) is 0 Å². The predicted molar refractivity (Wildman–Crippen MR) is 103 cm³/mol. The predicted octanol–water partition coefficient (Wildman–Crippen LogP) is 3.99. The fourth-order valence-corrected chi connectivity index (χ4v) is 2.48. The average molecular weight is 355 g/mol. The zero-order chi connectivity index (χ0) is 18.9. The first-order chi connectivity index (χ1) is 12.6. The Morgan fingerprint density at radius 1 is 1.08 bits per heavy atom. The number of carbonyl (C=O) groups is 1. The van der Waals surface area contributed by atoms with Crippen LogP contribution >= 0.6 is 0 Å². The first-order valence-electron chi connectivity index (χ1n) is 8.50. The summed E-state index contributed by atoms with van der Waals surface area (Å²) in [7, 11) is 3.18. The number of hydrogen-bond acceptors (Lipinski definition) is 4. The van der Waals surface area contributed by atoms with Crippen molar-refractivity contribution in [3.05, 3.63) is 59.7 Å². The third kappa shape index (κ3) is 5.28. The molecule has 1 N–H and O–H groups in total. The minimum absolute atomic E-state index is 0.160.